The van der Waals surface area contributed by atoms with E-state index in [1.807, 2.05) is 0 Å². The first-order chi connectivity index (χ1) is 5.43. The van der Waals surface area contributed by atoms with Crippen molar-refractivity contribution in [1.29, 1.82) is 0 Å². The molecule has 0 aliphatic carbocycles. The second-order valence-electron chi connectivity index (χ2n) is 3.40. The van der Waals surface area contributed by atoms with Crippen LogP contribution in [0.4, 0.5) is 0 Å². The largest absolute Gasteiger partial charge is 0.329 e. The maximum atomic E-state index is 5.51. The molecule has 1 aliphatic heterocycles. The van der Waals surface area contributed by atoms with Crippen molar-refractivity contribution in [2.75, 3.05) is 26.2 Å². The fraction of sp³-hybridized carbons (Fsp3) is 1.00. The van der Waals surface area contributed by atoms with Crippen LogP contribution in [0.15, 0.2) is 0 Å². The van der Waals surface area contributed by atoms with Crippen LogP contribution in [-0.2, 0) is 0 Å². The summed E-state index contributed by atoms with van der Waals surface area (Å²) in [6.07, 6.45) is 7.03. The van der Waals surface area contributed by atoms with E-state index in [1.165, 1.54) is 45.2 Å². The Morgan fingerprint density at radius 1 is 0.909 bits per heavy atom. The van der Waals surface area contributed by atoms with E-state index in [4.69, 9.17) is 5.73 Å². The molecule has 1 rings (SSSR count). The molecule has 11 heavy (non-hydrogen) atoms. The first kappa shape index (κ1) is 9.01. The molecule has 1 aliphatic rings. The van der Waals surface area contributed by atoms with E-state index >= 15 is 0 Å². The van der Waals surface area contributed by atoms with E-state index in [0.29, 0.717) is 0 Å². The van der Waals surface area contributed by atoms with Gasteiger partial charge in [-0.25, -0.2) is 0 Å². The Morgan fingerprint density at radius 2 is 1.45 bits per heavy atom. The maximum absolute atomic E-state index is 5.51. The van der Waals surface area contributed by atoms with Gasteiger partial charge in [0.15, 0.2) is 0 Å². The molecule has 2 heteroatoms. The van der Waals surface area contributed by atoms with Crippen LogP contribution in [0.25, 0.3) is 0 Å². The lowest BCUT2D eigenvalue weighted by Crippen LogP contribution is -2.32. The Hall–Kier alpha value is -0.0800. The van der Waals surface area contributed by atoms with Crippen molar-refractivity contribution in [3.05, 3.63) is 0 Å². The molecule has 0 amide bonds. The molecule has 0 aromatic rings. The fourth-order valence-corrected chi connectivity index (χ4v) is 1.72. The van der Waals surface area contributed by atoms with Gasteiger partial charge in [-0.05, 0) is 25.9 Å². The minimum atomic E-state index is 0.819. The molecule has 0 radical (unpaired) electrons. The summed E-state index contributed by atoms with van der Waals surface area (Å²) in [4.78, 5) is 2.50. The highest BCUT2D eigenvalue weighted by atomic mass is 15.1. The highest BCUT2D eigenvalue weighted by molar-refractivity contribution is 4.62. The molecule has 0 unspecified atom stereocenters. The molecule has 66 valence electrons. The van der Waals surface area contributed by atoms with Crippen molar-refractivity contribution in [3.8, 4) is 0 Å². The lowest BCUT2D eigenvalue weighted by atomic mass is 10.1. The van der Waals surface area contributed by atoms with Gasteiger partial charge in [-0.15, -0.1) is 0 Å². The lowest BCUT2D eigenvalue weighted by Gasteiger charge is -2.23. The van der Waals surface area contributed by atoms with Gasteiger partial charge in [0.1, 0.15) is 0 Å². The maximum Gasteiger partial charge on any atom is 0.0105 e. The summed E-state index contributed by atoms with van der Waals surface area (Å²) in [5.41, 5.74) is 5.51. The number of hydrogen-bond acceptors (Lipinski definition) is 2. The van der Waals surface area contributed by atoms with Crippen molar-refractivity contribution in [2.24, 2.45) is 5.73 Å². The van der Waals surface area contributed by atoms with Gasteiger partial charge in [0.25, 0.3) is 0 Å². The van der Waals surface area contributed by atoms with E-state index in [0.717, 1.165) is 13.1 Å². The minimum absolute atomic E-state index is 0.819. The molecule has 1 saturated heterocycles. The Kier molecular flexibility index (Phi) is 4.55. The van der Waals surface area contributed by atoms with Crippen molar-refractivity contribution in [1.82, 2.24) is 4.90 Å². The van der Waals surface area contributed by atoms with Crippen LogP contribution in [0, 0.1) is 0 Å². The van der Waals surface area contributed by atoms with Crippen molar-refractivity contribution in [2.45, 2.75) is 32.1 Å². The quantitative estimate of drug-likeness (QED) is 0.651. The highest BCUT2D eigenvalue weighted by Crippen LogP contribution is 2.09. The van der Waals surface area contributed by atoms with Crippen molar-refractivity contribution >= 4 is 0 Å². The standard InChI is InChI=1S/C9H20N2/c10-6-9-11-7-4-2-1-3-5-8-11/h1-10H2. The average Bonchev–Trinajstić information content (AvgIpc) is 1.94. The molecule has 0 spiro atoms. The topological polar surface area (TPSA) is 29.3 Å². The zero-order chi connectivity index (χ0) is 7.94. The Bertz CT molecular complexity index is 85.6. The Morgan fingerprint density at radius 3 is 2.00 bits per heavy atom. The minimum Gasteiger partial charge on any atom is -0.329 e. The van der Waals surface area contributed by atoms with Gasteiger partial charge in [-0.3, -0.25) is 0 Å². The molecule has 0 aromatic heterocycles. The molecular weight excluding hydrogens is 136 g/mol. The second-order valence-corrected chi connectivity index (χ2v) is 3.40. The number of likely N-dealkylation sites (tertiary alicyclic amines) is 1. The summed E-state index contributed by atoms with van der Waals surface area (Å²) in [6, 6.07) is 0. The zero-order valence-electron chi connectivity index (χ0n) is 7.39. The highest BCUT2D eigenvalue weighted by Gasteiger charge is 2.05. The molecule has 1 fully saturated rings. The Balaban J connectivity index is 2.15. The van der Waals surface area contributed by atoms with E-state index < -0.39 is 0 Å². The third kappa shape index (κ3) is 3.73. The fourth-order valence-electron chi connectivity index (χ4n) is 1.72. The molecule has 2 nitrogen and oxygen atoms in total. The lowest BCUT2D eigenvalue weighted by molar-refractivity contribution is 0.254. The molecule has 0 bridgehead atoms. The molecule has 1 heterocycles. The van der Waals surface area contributed by atoms with Gasteiger partial charge in [-0.1, -0.05) is 19.3 Å². The summed E-state index contributed by atoms with van der Waals surface area (Å²) < 4.78 is 0. The summed E-state index contributed by atoms with van der Waals surface area (Å²) in [6.45, 7) is 4.47. The number of rotatable bonds is 2. The van der Waals surface area contributed by atoms with Gasteiger partial charge in [0.05, 0.1) is 0 Å². The SMILES string of the molecule is NCCN1CCCCCCC1. The predicted molar refractivity (Wildman–Crippen MR) is 48.6 cm³/mol. The normalized spacial score (nSPS) is 22.6. The monoisotopic (exact) mass is 156 g/mol. The molecule has 0 aromatic carbocycles. The van der Waals surface area contributed by atoms with Gasteiger partial charge < -0.3 is 10.6 Å². The van der Waals surface area contributed by atoms with E-state index in [1.54, 1.807) is 0 Å². The van der Waals surface area contributed by atoms with Crippen LogP contribution < -0.4 is 5.73 Å². The smallest absolute Gasteiger partial charge is 0.0105 e. The third-order valence-electron chi connectivity index (χ3n) is 2.39. The predicted octanol–water partition coefficient (Wildman–Crippen LogP) is 1.21. The zero-order valence-corrected chi connectivity index (χ0v) is 7.39. The Labute approximate surface area is 69.8 Å². The first-order valence-electron chi connectivity index (χ1n) is 4.86. The van der Waals surface area contributed by atoms with Crippen LogP contribution in [0.5, 0.6) is 0 Å². The van der Waals surface area contributed by atoms with Crippen molar-refractivity contribution in [3.63, 3.8) is 0 Å². The molecule has 2 N–H and O–H groups in total. The number of hydrogen-bond donors (Lipinski definition) is 1. The molecule has 0 atom stereocenters. The summed E-state index contributed by atoms with van der Waals surface area (Å²) >= 11 is 0. The number of nitrogens with two attached hydrogens (primary N) is 1. The van der Waals surface area contributed by atoms with Gasteiger partial charge in [0.2, 0.25) is 0 Å². The van der Waals surface area contributed by atoms with Gasteiger partial charge >= 0.3 is 0 Å². The van der Waals surface area contributed by atoms with Crippen molar-refractivity contribution < 1.29 is 0 Å². The summed E-state index contributed by atoms with van der Waals surface area (Å²) in [5.74, 6) is 0. The van der Waals surface area contributed by atoms with E-state index in [2.05, 4.69) is 4.90 Å². The van der Waals surface area contributed by atoms with Gasteiger partial charge in [-0.2, -0.15) is 0 Å². The van der Waals surface area contributed by atoms with Crippen LogP contribution in [0.1, 0.15) is 32.1 Å². The second kappa shape index (κ2) is 5.56. The molecular formula is C9H20N2. The third-order valence-corrected chi connectivity index (χ3v) is 2.39. The van der Waals surface area contributed by atoms with Crippen LogP contribution in [0.3, 0.4) is 0 Å². The number of nitrogens with zero attached hydrogens (tertiary/aromatic N) is 1. The van der Waals surface area contributed by atoms with Crippen LogP contribution in [0.2, 0.25) is 0 Å². The first-order valence-corrected chi connectivity index (χ1v) is 4.86. The average molecular weight is 156 g/mol. The molecule has 0 saturated carbocycles. The van der Waals surface area contributed by atoms with Crippen LogP contribution in [-0.4, -0.2) is 31.1 Å². The summed E-state index contributed by atoms with van der Waals surface area (Å²) in [7, 11) is 0. The summed E-state index contributed by atoms with van der Waals surface area (Å²) in [5, 5.41) is 0. The van der Waals surface area contributed by atoms with E-state index in [-0.39, 0.29) is 0 Å². The van der Waals surface area contributed by atoms with Gasteiger partial charge in [0, 0.05) is 13.1 Å². The van der Waals surface area contributed by atoms with E-state index in [9.17, 15) is 0 Å². The van der Waals surface area contributed by atoms with Crippen LogP contribution >= 0.6 is 0 Å².